The molecule has 0 saturated carbocycles. The molecule has 0 unspecified atom stereocenters. The Morgan fingerprint density at radius 2 is 1.08 bits per heavy atom. The van der Waals surface area contributed by atoms with E-state index in [1.165, 1.54) is 0 Å². The highest BCUT2D eigenvalue weighted by molar-refractivity contribution is 5.91. The lowest BCUT2D eigenvalue weighted by molar-refractivity contribution is -0.140. The fraction of sp³-hybridized carbons (Fsp3) is 0.800. The standard InChI is InChI=1S/C20H38N2O4/c1-5-13-21(7-3)15-9-17-25-19(23)11-12-20(24)26-18-10-16-22(8-4)14-6-2/h11-12H,5-10,13-18H2,1-4H3/b12-11-. The van der Waals surface area contributed by atoms with Gasteiger partial charge in [0, 0.05) is 25.2 Å². The summed E-state index contributed by atoms with van der Waals surface area (Å²) in [6.07, 6.45) is 6.11. The molecule has 0 aromatic carbocycles. The van der Waals surface area contributed by atoms with Crippen LogP contribution in [0.15, 0.2) is 12.2 Å². The molecule has 0 fully saturated rings. The number of rotatable bonds is 16. The minimum absolute atomic E-state index is 0.364. The van der Waals surface area contributed by atoms with E-state index in [4.69, 9.17) is 9.47 Å². The van der Waals surface area contributed by atoms with Gasteiger partial charge in [-0.05, 0) is 51.9 Å². The third kappa shape index (κ3) is 13.8. The van der Waals surface area contributed by atoms with Gasteiger partial charge in [0.2, 0.25) is 0 Å². The predicted molar refractivity (Wildman–Crippen MR) is 105 cm³/mol. The molecule has 6 heteroatoms. The molecule has 0 radical (unpaired) electrons. The molecule has 0 aliphatic carbocycles. The first-order chi connectivity index (χ1) is 12.6. The number of hydrogen-bond donors (Lipinski definition) is 0. The molecule has 26 heavy (non-hydrogen) atoms. The van der Waals surface area contributed by atoms with Gasteiger partial charge in [0.1, 0.15) is 0 Å². The Hall–Kier alpha value is -1.40. The molecule has 0 rings (SSSR count). The van der Waals surface area contributed by atoms with Gasteiger partial charge < -0.3 is 19.3 Å². The summed E-state index contributed by atoms with van der Waals surface area (Å²) in [5.74, 6) is -0.999. The van der Waals surface area contributed by atoms with Gasteiger partial charge in [-0.3, -0.25) is 0 Å². The Balaban J connectivity index is 3.80. The third-order valence-electron chi connectivity index (χ3n) is 4.06. The summed E-state index contributed by atoms with van der Waals surface area (Å²) in [4.78, 5) is 27.8. The summed E-state index contributed by atoms with van der Waals surface area (Å²) in [6, 6.07) is 0. The van der Waals surface area contributed by atoms with Crippen molar-refractivity contribution in [3.8, 4) is 0 Å². The van der Waals surface area contributed by atoms with Crippen molar-refractivity contribution in [1.29, 1.82) is 0 Å². The van der Waals surface area contributed by atoms with E-state index in [1.807, 2.05) is 0 Å². The highest BCUT2D eigenvalue weighted by atomic mass is 16.5. The molecular formula is C20H38N2O4. The maximum atomic E-state index is 11.6. The summed E-state index contributed by atoms with van der Waals surface area (Å²) in [5, 5.41) is 0. The molecule has 0 aromatic rings. The lowest BCUT2D eigenvalue weighted by Crippen LogP contribution is -2.26. The van der Waals surface area contributed by atoms with Crippen molar-refractivity contribution >= 4 is 11.9 Å². The van der Waals surface area contributed by atoms with E-state index in [9.17, 15) is 9.59 Å². The molecule has 0 aliphatic heterocycles. The van der Waals surface area contributed by atoms with Crippen molar-refractivity contribution in [2.24, 2.45) is 0 Å². The van der Waals surface area contributed by atoms with Crippen LogP contribution >= 0.6 is 0 Å². The molecule has 0 atom stereocenters. The van der Waals surface area contributed by atoms with E-state index >= 15 is 0 Å². The molecule has 0 amide bonds. The molecule has 6 nitrogen and oxygen atoms in total. The fourth-order valence-corrected chi connectivity index (χ4v) is 2.64. The molecule has 0 bridgehead atoms. The van der Waals surface area contributed by atoms with Crippen molar-refractivity contribution < 1.29 is 19.1 Å². The first-order valence-corrected chi connectivity index (χ1v) is 10.0. The van der Waals surface area contributed by atoms with Crippen molar-refractivity contribution in [2.45, 2.75) is 53.4 Å². The highest BCUT2D eigenvalue weighted by Crippen LogP contribution is 1.96. The van der Waals surface area contributed by atoms with Crippen LogP contribution in [-0.4, -0.2) is 74.2 Å². The summed E-state index contributed by atoms with van der Waals surface area (Å²) in [5.41, 5.74) is 0. The maximum absolute atomic E-state index is 11.6. The number of carbonyl (C=O) groups is 2. The minimum atomic E-state index is -0.499. The van der Waals surface area contributed by atoms with Crippen molar-refractivity contribution in [1.82, 2.24) is 9.80 Å². The Morgan fingerprint density at radius 1 is 0.692 bits per heavy atom. The summed E-state index contributed by atoms with van der Waals surface area (Å²) >= 11 is 0. The lowest BCUT2D eigenvalue weighted by Gasteiger charge is -2.18. The normalized spacial score (nSPS) is 11.5. The Bertz CT molecular complexity index is 363. The molecular weight excluding hydrogens is 332 g/mol. The number of carbonyl (C=O) groups excluding carboxylic acids is 2. The van der Waals surface area contributed by atoms with Crippen LogP contribution in [0.25, 0.3) is 0 Å². The van der Waals surface area contributed by atoms with E-state index in [-0.39, 0.29) is 0 Å². The predicted octanol–water partition coefficient (Wildman–Crippen LogP) is 2.87. The largest absolute Gasteiger partial charge is 0.462 e. The zero-order valence-corrected chi connectivity index (χ0v) is 17.2. The van der Waals surface area contributed by atoms with Gasteiger partial charge in [0.05, 0.1) is 13.2 Å². The van der Waals surface area contributed by atoms with E-state index in [1.54, 1.807) is 0 Å². The second-order valence-electron chi connectivity index (χ2n) is 6.24. The zero-order chi connectivity index (χ0) is 19.6. The SMILES string of the molecule is CCCN(CC)CCCOC(=O)/C=C\C(=O)OCCCN(CC)CCC. The molecule has 0 heterocycles. The van der Waals surface area contributed by atoms with Gasteiger partial charge in [-0.25, -0.2) is 9.59 Å². The molecule has 0 aliphatic rings. The van der Waals surface area contributed by atoms with Gasteiger partial charge >= 0.3 is 11.9 Å². The summed E-state index contributed by atoms with van der Waals surface area (Å²) < 4.78 is 10.2. The summed E-state index contributed by atoms with van der Waals surface area (Å²) in [7, 11) is 0. The average Bonchev–Trinajstić information content (AvgIpc) is 2.64. The minimum Gasteiger partial charge on any atom is -0.462 e. The second-order valence-corrected chi connectivity index (χ2v) is 6.24. The first kappa shape index (κ1) is 24.6. The van der Waals surface area contributed by atoms with Crippen LogP contribution in [0.2, 0.25) is 0 Å². The van der Waals surface area contributed by atoms with Gasteiger partial charge in [-0.2, -0.15) is 0 Å². The molecule has 0 saturated heterocycles. The number of hydrogen-bond acceptors (Lipinski definition) is 6. The number of nitrogens with zero attached hydrogens (tertiary/aromatic N) is 2. The maximum Gasteiger partial charge on any atom is 0.331 e. The van der Waals surface area contributed by atoms with Crippen LogP contribution in [0.1, 0.15) is 53.4 Å². The topological polar surface area (TPSA) is 59.1 Å². The van der Waals surface area contributed by atoms with Gasteiger partial charge in [0.15, 0.2) is 0 Å². The lowest BCUT2D eigenvalue weighted by atomic mass is 10.3. The van der Waals surface area contributed by atoms with E-state index < -0.39 is 11.9 Å². The second kappa shape index (κ2) is 17.0. The summed E-state index contributed by atoms with van der Waals surface area (Å²) in [6.45, 7) is 15.2. The van der Waals surface area contributed by atoms with E-state index in [0.717, 1.165) is 77.1 Å². The quantitative estimate of drug-likeness (QED) is 0.237. The number of esters is 2. The van der Waals surface area contributed by atoms with Crippen molar-refractivity contribution in [2.75, 3.05) is 52.5 Å². The van der Waals surface area contributed by atoms with Crippen LogP contribution in [0.4, 0.5) is 0 Å². The molecule has 152 valence electrons. The molecule has 0 N–H and O–H groups in total. The van der Waals surface area contributed by atoms with Gasteiger partial charge in [0.25, 0.3) is 0 Å². The first-order valence-electron chi connectivity index (χ1n) is 10.0. The van der Waals surface area contributed by atoms with Gasteiger partial charge in [-0.1, -0.05) is 27.7 Å². The van der Waals surface area contributed by atoms with Crippen LogP contribution in [-0.2, 0) is 19.1 Å². The third-order valence-corrected chi connectivity index (χ3v) is 4.06. The molecule has 0 aromatic heterocycles. The van der Waals surface area contributed by atoms with Crippen LogP contribution < -0.4 is 0 Å². The van der Waals surface area contributed by atoms with E-state index in [2.05, 4.69) is 37.5 Å². The monoisotopic (exact) mass is 370 g/mol. The number of ether oxygens (including phenoxy) is 2. The smallest absolute Gasteiger partial charge is 0.331 e. The van der Waals surface area contributed by atoms with Crippen LogP contribution in [0.5, 0.6) is 0 Å². The van der Waals surface area contributed by atoms with Crippen LogP contribution in [0, 0.1) is 0 Å². The zero-order valence-electron chi connectivity index (χ0n) is 17.2. The Morgan fingerprint density at radius 3 is 1.38 bits per heavy atom. The fourth-order valence-electron chi connectivity index (χ4n) is 2.64. The Labute approximate surface area is 159 Å². The van der Waals surface area contributed by atoms with Crippen LogP contribution in [0.3, 0.4) is 0 Å². The van der Waals surface area contributed by atoms with Crippen molar-refractivity contribution in [3.63, 3.8) is 0 Å². The van der Waals surface area contributed by atoms with Gasteiger partial charge in [-0.15, -0.1) is 0 Å². The Kier molecular flexibility index (Phi) is 16.1. The highest BCUT2D eigenvalue weighted by Gasteiger charge is 2.04. The molecule has 0 spiro atoms. The average molecular weight is 371 g/mol. The van der Waals surface area contributed by atoms with Crippen molar-refractivity contribution in [3.05, 3.63) is 12.2 Å². The van der Waals surface area contributed by atoms with E-state index in [0.29, 0.717) is 13.2 Å².